The Balaban J connectivity index is 1.22. The average molecular weight is 805 g/mol. The number of anilines is 2. The van der Waals surface area contributed by atoms with Crippen LogP contribution in [0.3, 0.4) is 0 Å². The van der Waals surface area contributed by atoms with Crippen molar-refractivity contribution in [3.63, 3.8) is 0 Å². The molecule has 7 aromatic carbocycles. The van der Waals surface area contributed by atoms with E-state index in [1.54, 1.807) is 0 Å². The van der Waals surface area contributed by atoms with E-state index in [0.29, 0.717) is 0 Å². The molecule has 0 unspecified atom stereocenters. The number of fused-ring (bicyclic) bond motifs is 15. The van der Waals surface area contributed by atoms with E-state index in [0.717, 1.165) is 11.2 Å². The van der Waals surface area contributed by atoms with Crippen LogP contribution in [0.25, 0.3) is 71.7 Å². The van der Waals surface area contributed by atoms with Crippen molar-refractivity contribution >= 4 is 72.9 Å². The molecular formula is C58H53BN2O. The van der Waals surface area contributed by atoms with Crippen molar-refractivity contribution in [3.8, 4) is 27.9 Å². The van der Waals surface area contributed by atoms with Crippen LogP contribution in [-0.4, -0.2) is 11.4 Å². The Kier molecular flexibility index (Phi) is 6.81. The number of aromatic nitrogens is 1. The molecule has 0 saturated carbocycles. The summed E-state index contributed by atoms with van der Waals surface area (Å²) in [6.07, 6.45) is 2.35. The molecule has 13 rings (SSSR count). The maximum absolute atomic E-state index is 6.67. The van der Waals surface area contributed by atoms with Crippen LogP contribution in [0.5, 0.6) is 0 Å². The highest BCUT2D eigenvalue weighted by Crippen LogP contribution is 2.55. The fraction of sp³-hybridized carbons (Fsp3) is 0.276. The average Bonchev–Trinajstić information content (AvgIpc) is 3.85. The summed E-state index contributed by atoms with van der Waals surface area (Å²) in [6, 6.07) is 44.9. The van der Waals surface area contributed by atoms with Gasteiger partial charge in [0, 0.05) is 55.7 Å². The van der Waals surface area contributed by atoms with Crippen molar-refractivity contribution < 1.29 is 4.42 Å². The van der Waals surface area contributed by atoms with E-state index in [2.05, 4.69) is 194 Å². The van der Waals surface area contributed by atoms with Crippen LogP contribution in [-0.2, 0) is 21.7 Å². The number of rotatable bonds is 1. The maximum atomic E-state index is 6.67. The third-order valence-corrected chi connectivity index (χ3v) is 16.1. The minimum atomic E-state index is -0.147. The minimum absolute atomic E-state index is 0.0489. The molecule has 0 bridgehead atoms. The molecule has 0 atom stereocenters. The van der Waals surface area contributed by atoms with E-state index in [1.807, 2.05) is 0 Å². The van der Waals surface area contributed by atoms with Gasteiger partial charge in [-0.25, -0.2) is 0 Å². The quantitative estimate of drug-likeness (QED) is 0.154. The standard InChI is InChI=1S/C58H53BN2O/c1-32-25-40-38-27-44-45(57(7,8)24-23-56(44,5)6)30-48(38)61(34-21-19-33(20-22-34)55(2,3)4)59-46-29-43-37(35-15-11-13-17-42(35)58(43,9)10)28-49(46)60-47-31-51-39(36-16-12-14-18-50(36)62-51)26-41(47)52(32)54(60)53(40)59/h11-22,25-31H,23-24H2,1-10H3. The summed E-state index contributed by atoms with van der Waals surface area (Å²) in [7, 11) is 0. The number of benzene rings is 7. The first-order valence-electron chi connectivity index (χ1n) is 22.8. The van der Waals surface area contributed by atoms with Gasteiger partial charge in [-0.05, 0) is 139 Å². The van der Waals surface area contributed by atoms with E-state index in [-0.39, 0.29) is 28.5 Å². The van der Waals surface area contributed by atoms with Crippen LogP contribution in [0.2, 0.25) is 0 Å². The number of hydrogen-bond acceptors (Lipinski definition) is 2. The molecule has 0 spiro atoms. The summed E-state index contributed by atoms with van der Waals surface area (Å²) in [5.74, 6) is 0. The topological polar surface area (TPSA) is 21.3 Å². The molecule has 4 heteroatoms. The van der Waals surface area contributed by atoms with Crippen molar-refractivity contribution in [3.05, 3.63) is 149 Å². The van der Waals surface area contributed by atoms with Crippen LogP contribution in [0.4, 0.5) is 11.4 Å². The Morgan fingerprint density at radius 3 is 2.05 bits per heavy atom. The fourth-order valence-corrected chi connectivity index (χ4v) is 12.6. The lowest BCUT2D eigenvalue weighted by Crippen LogP contribution is -2.61. The predicted molar refractivity (Wildman–Crippen MR) is 263 cm³/mol. The van der Waals surface area contributed by atoms with Gasteiger partial charge in [-0.3, -0.25) is 0 Å². The van der Waals surface area contributed by atoms with Gasteiger partial charge in [0.25, 0.3) is 0 Å². The van der Waals surface area contributed by atoms with Crippen molar-refractivity contribution in [1.29, 1.82) is 0 Å². The SMILES string of the molecule is Cc1cc2c3c4c1c1cc5c(cc1n4-c1cc4c(cc1B3N(c1ccc(C(C)(C)C)cc1)c1cc3c(cc1-2)C(C)(C)CCC3(C)C)C(C)(C)c1ccccc1-4)oc1ccccc15. The summed E-state index contributed by atoms with van der Waals surface area (Å²) in [6.45, 7) is 24.0. The largest absolute Gasteiger partial charge is 0.456 e. The summed E-state index contributed by atoms with van der Waals surface area (Å²) in [5.41, 5.74) is 24.9. The zero-order chi connectivity index (χ0) is 42.6. The van der Waals surface area contributed by atoms with Gasteiger partial charge in [-0.1, -0.05) is 129 Å². The minimum Gasteiger partial charge on any atom is -0.456 e. The van der Waals surface area contributed by atoms with Crippen molar-refractivity contribution in [2.75, 3.05) is 4.81 Å². The number of para-hydroxylation sites is 1. The van der Waals surface area contributed by atoms with Gasteiger partial charge in [-0.2, -0.15) is 0 Å². The van der Waals surface area contributed by atoms with E-state index >= 15 is 0 Å². The first-order valence-corrected chi connectivity index (χ1v) is 22.8. The lowest BCUT2D eigenvalue weighted by atomic mass is 9.43. The summed E-state index contributed by atoms with van der Waals surface area (Å²) in [4.78, 5) is 2.75. The zero-order valence-corrected chi connectivity index (χ0v) is 37.8. The van der Waals surface area contributed by atoms with E-state index in [1.165, 1.54) is 129 Å². The van der Waals surface area contributed by atoms with Crippen molar-refractivity contribution in [2.45, 2.75) is 104 Å². The van der Waals surface area contributed by atoms with Gasteiger partial charge < -0.3 is 13.8 Å². The molecule has 2 aliphatic heterocycles. The smallest absolute Gasteiger partial charge is 0.333 e. The number of furan rings is 1. The second-order valence-electron chi connectivity index (χ2n) is 22.1. The highest BCUT2D eigenvalue weighted by molar-refractivity contribution is 6.93. The molecule has 4 heterocycles. The normalized spacial score (nSPS) is 17.4. The Labute approximate surface area is 365 Å². The lowest BCUT2D eigenvalue weighted by molar-refractivity contribution is 0.332. The van der Waals surface area contributed by atoms with Crippen molar-refractivity contribution in [2.24, 2.45) is 0 Å². The number of hydrogen-bond donors (Lipinski definition) is 0. The molecule has 2 aromatic heterocycles. The van der Waals surface area contributed by atoms with Crippen LogP contribution in [0.15, 0.2) is 120 Å². The van der Waals surface area contributed by atoms with Gasteiger partial charge in [0.05, 0.1) is 11.0 Å². The molecule has 0 radical (unpaired) electrons. The van der Waals surface area contributed by atoms with E-state index < -0.39 is 0 Å². The van der Waals surface area contributed by atoms with Gasteiger partial charge in [-0.15, -0.1) is 0 Å². The highest BCUT2D eigenvalue weighted by atomic mass is 16.3. The zero-order valence-electron chi connectivity index (χ0n) is 37.8. The summed E-state index contributed by atoms with van der Waals surface area (Å²) >= 11 is 0. The van der Waals surface area contributed by atoms with Crippen LogP contribution < -0.4 is 15.7 Å². The number of aryl methyl sites for hydroxylation is 1. The molecule has 9 aromatic rings. The lowest BCUT2D eigenvalue weighted by Gasteiger charge is -2.46. The molecule has 0 fully saturated rings. The van der Waals surface area contributed by atoms with Crippen LogP contribution in [0, 0.1) is 6.92 Å². The molecule has 62 heavy (non-hydrogen) atoms. The highest BCUT2D eigenvalue weighted by Gasteiger charge is 2.48. The van der Waals surface area contributed by atoms with Gasteiger partial charge in [0.15, 0.2) is 0 Å². The first kappa shape index (κ1) is 36.6. The van der Waals surface area contributed by atoms with E-state index in [4.69, 9.17) is 4.42 Å². The third kappa shape index (κ3) is 4.53. The molecule has 4 aliphatic rings. The Morgan fingerprint density at radius 1 is 0.581 bits per heavy atom. The Morgan fingerprint density at radius 2 is 1.29 bits per heavy atom. The third-order valence-electron chi connectivity index (χ3n) is 16.1. The molecule has 0 amide bonds. The van der Waals surface area contributed by atoms with Crippen molar-refractivity contribution in [1.82, 2.24) is 4.57 Å². The molecule has 2 aliphatic carbocycles. The van der Waals surface area contributed by atoms with Gasteiger partial charge in [0.1, 0.15) is 11.2 Å². The maximum Gasteiger partial charge on any atom is 0.333 e. The molecule has 3 nitrogen and oxygen atoms in total. The van der Waals surface area contributed by atoms with Gasteiger partial charge >= 0.3 is 6.85 Å². The van der Waals surface area contributed by atoms with E-state index in [9.17, 15) is 0 Å². The Bertz CT molecular complexity index is 3490. The second kappa shape index (κ2) is 11.5. The van der Waals surface area contributed by atoms with Crippen LogP contribution in [0.1, 0.15) is 109 Å². The predicted octanol–water partition coefficient (Wildman–Crippen LogP) is 14.2. The van der Waals surface area contributed by atoms with Gasteiger partial charge in [0.2, 0.25) is 0 Å². The fourth-order valence-electron chi connectivity index (χ4n) is 12.6. The first-order chi connectivity index (χ1) is 29.5. The molecule has 304 valence electrons. The molecule has 0 N–H and O–H groups in total. The molecular weight excluding hydrogens is 751 g/mol. The monoisotopic (exact) mass is 804 g/mol. The number of nitrogens with zero attached hydrogens (tertiary/aromatic N) is 2. The summed E-state index contributed by atoms with van der Waals surface area (Å²) in [5, 5.41) is 4.97. The summed E-state index contributed by atoms with van der Waals surface area (Å²) < 4.78 is 9.31. The van der Waals surface area contributed by atoms with Crippen LogP contribution >= 0.6 is 0 Å². The Hall–Kier alpha value is -6.00. The second-order valence-corrected chi connectivity index (χ2v) is 22.1. The molecule has 0 saturated heterocycles.